The Hall–Kier alpha value is -0.483. The van der Waals surface area contributed by atoms with Gasteiger partial charge < -0.3 is 0 Å². The molecule has 1 aromatic heterocycles. The fourth-order valence-electron chi connectivity index (χ4n) is 0.926. The monoisotopic (exact) mass is 199 g/mol. The topological polar surface area (TPSA) is 29.4 Å². The van der Waals surface area contributed by atoms with Crippen LogP contribution in [0.25, 0.3) is 0 Å². The van der Waals surface area contributed by atoms with E-state index < -0.39 is 8.07 Å². The highest BCUT2D eigenvalue weighted by molar-refractivity contribution is 7.25. The Balaban J connectivity index is 2.84. The number of hydrogen-bond acceptors (Lipinski definition) is 3. The zero-order valence-corrected chi connectivity index (χ0v) is 9.44. The smallest absolute Gasteiger partial charge is 0.107 e. The summed E-state index contributed by atoms with van der Waals surface area (Å²) in [6.07, 6.45) is 0. The van der Waals surface area contributed by atoms with E-state index in [0.717, 1.165) is 5.56 Å². The molecule has 0 aliphatic carbocycles. The second kappa shape index (κ2) is 3.49. The Morgan fingerprint density at radius 1 is 1.50 bits per heavy atom. The Kier molecular flexibility index (Phi) is 2.79. The third kappa shape index (κ3) is 2.25. The molecule has 0 fully saturated rings. The first-order chi connectivity index (χ1) is 5.54. The third-order valence-electron chi connectivity index (χ3n) is 1.64. The fourth-order valence-corrected chi connectivity index (χ4v) is 3.78. The predicted octanol–water partition coefficient (Wildman–Crippen LogP) is 2.56. The van der Waals surface area contributed by atoms with Gasteiger partial charge in [0.15, 0.2) is 0 Å². The summed E-state index contributed by atoms with van der Waals surface area (Å²) < 4.78 is 1.45. The minimum absolute atomic E-state index is 0.320. The van der Waals surface area contributed by atoms with Gasteiger partial charge in [0.1, 0.15) is 6.54 Å². The molecule has 1 aromatic rings. The van der Waals surface area contributed by atoms with Crippen LogP contribution < -0.4 is 4.50 Å². The molecular weight excluding hydrogens is 186 g/mol. The summed E-state index contributed by atoms with van der Waals surface area (Å²) in [5.74, 6) is 0. The summed E-state index contributed by atoms with van der Waals surface area (Å²) in [7, 11) is -1.17. The van der Waals surface area contributed by atoms with Crippen LogP contribution in [-0.2, 0) is 6.54 Å². The maximum Gasteiger partial charge on any atom is 0.107 e. The zero-order chi connectivity index (χ0) is 9.19. The van der Waals surface area contributed by atoms with E-state index in [4.69, 9.17) is 0 Å². The van der Waals surface area contributed by atoms with Crippen molar-refractivity contribution in [1.29, 1.82) is 0 Å². The molecule has 0 saturated carbocycles. The molecule has 0 aromatic carbocycles. The highest BCUT2D eigenvalue weighted by atomic mass is 32.1. The van der Waals surface area contributed by atoms with Crippen LogP contribution in [0, 0.1) is 4.91 Å². The molecule has 0 aliphatic heterocycles. The summed E-state index contributed by atoms with van der Waals surface area (Å²) in [4.78, 5) is 10.00. The van der Waals surface area contributed by atoms with Crippen LogP contribution in [0.1, 0.15) is 5.56 Å². The molecule has 0 bridgehead atoms. The molecule has 0 radical (unpaired) electrons. The van der Waals surface area contributed by atoms with Crippen LogP contribution in [0.2, 0.25) is 19.6 Å². The van der Waals surface area contributed by atoms with Gasteiger partial charge in [-0.1, -0.05) is 24.8 Å². The molecule has 0 unspecified atom stereocenters. The van der Waals surface area contributed by atoms with Gasteiger partial charge >= 0.3 is 0 Å². The van der Waals surface area contributed by atoms with Gasteiger partial charge in [0.2, 0.25) is 0 Å². The second-order valence-electron chi connectivity index (χ2n) is 3.86. The molecule has 1 rings (SSSR count). The van der Waals surface area contributed by atoms with Crippen molar-refractivity contribution in [1.82, 2.24) is 0 Å². The SMILES string of the molecule is C[Si](C)(C)c1cc(CN=O)cs1. The van der Waals surface area contributed by atoms with Crippen molar-refractivity contribution in [2.75, 3.05) is 0 Å². The number of rotatable bonds is 3. The van der Waals surface area contributed by atoms with Crippen LogP contribution in [0.5, 0.6) is 0 Å². The first kappa shape index (κ1) is 9.60. The normalized spacial score (nSPS) is 11.6. The van der Waals surface area contributed by atoms with E-state index in [9.17, 15) is 4.91 Å². The van der Waals surface area contributed by atoms with Crippen LogP contribution in [0.4, 0.5) is 0 Å². The molecule has 2 nitrogen and oxygen atoms in total. The highest BCUT2D eigenvalue weighted by Crippen LogP contribution is 2.12. The standard InChI is InChI=1S/C8H13NOSSi/c1-12(2,3)8-4-7(5-9-10)6-11-8/h4,6H,5H2,1-3H3. The van der Waals surface area contributed by atoms with Crippen molar-refractivity contribution >= 4 is 23.9 Å². The van der Waals surface area contributed by atoms with Crippen molar-refractivity contribution in [3.05, 3.63) is 21.9 Å². The molecule has 0 spiro atoms. The number of nitrogens with zero attached hydrogens (tertiary/aromatic N) is 1. The Labute approximate surface area is 77.6 Å². The lowest BCUT2D eigenvalue weighted by Gasteiger charge is -2.11. The Bertz CT molecular complexity index is 277. The third-order valence-corrected chi connectivity index (χ3v) is 6.25. The van der Waals surface area contributed by atoms with Gasteiger partial charge in [-0.15, -0.1) is 0 Å². The van der Waals surface area contributed by atoms with Crippen molar-refractivity contribution in [3.8, 4) is 0 Å². The van der Waals surface area contributed by atoms with Crippen LogP contribution in [-0.4, -0.2) is 8.07 Å². The molecule has 0 amide bonds. The van der Waals surface area contributed by atoms with Gasteiger partial charge in [-0.25, -0.2) is 0 Å². The summed E-state index contributed by atoms with van der Waals surface area (Å²) in [6.45, 7) is 7.23. The molecule has 66 valence electrons. The molecule has 1 heterocycles. The minimum atomic E-state index is -1.17. The van der Waals surface area contributed by atoms with E-state index in [-0.39, 0.29) is 0 Å². The first-order valence-electron chi connectivity index (χ1n) is 3.91. The molecular formula is C8H13NOSSi. The number of hydrogen-bond donors (Lipinski definition) is 0. The van der Waals surface area contributed by atoms with Gasteiger partial charge in [0, 0.05) is 0 Å². The fraction of sp³-hybridized carbons (Fsp3) is 0.500. The summed E-state index contributed by atoms with van der Waals surface area (Å²) in [6, 6.07) is 2.12. The zero-order valence-electron chi connectivity index (χ0n) is 7.63. The molecule has 12 heavy (non-hydrogen) atoms. The number of nitroso groups, excluding NO2 is 1. The molecule has 0 saturated heterocycles. The first-order valence-corrected chi connectivity index (χ1v) is 8.29. The van der Waals surface area contributed by atoms with Crippen LogP contribution in [0.3, 0.4) is 0 Å². The second-order valence-corrected chi connectivity index (χ2v) is 10.2. The largest absolute Gasteiger partial charge is 0.153 e. The Morgan fingerprint density at radius 3 is 2.58 bits per heavy atom. The van der Waals surface area contributed by atoms with E-state index in [1.54, 1.807) is 11.3 Å². The van der Waals surface area contributed by atoms with E-state index >= 15 is 0 Å². The molecule has 0 aliphatic rings. The molecule has 0 N–H and O–H groups in total. The number of thiophene rings is 1. The minimum Gasteiger partial charge on any atom is -0.153 e. The van der Waals surface area contributed by atoms with Crippen LogP contribution in [0.15, 0.2) is 16.6 Å². The summed E-state index contributed by atoms with van der Waals surface area (Å²) in [5, 5.41) is 4.91. The van der Waals surface area contributed by atoms with Gasteiger partial charge in [-0.3, -0.25) is 0 Å². The van der Waals surface area contributed by atoms with Crippen molar-refractivity contribution in [3.63, 3.8) is 0 Å². The van der Waals surface area contributed by atoms with Gasteiger partial charge in [0.25, 0.3) is 0 Å². The van der Waals surface area contributed by atoms with Crippen molar-refractivity contribution in [2.45, 2.75) is 26.2 Å². The lowest BCUT2D eigenvalue weighted by Crippen LogP contribution is -2.34. The highest BCUT2D eigenvalue weighted by Gasteiger charge is 2.18. The average molecular weight is 199 g/mol. The summed E-state index contributed by atoms with van der Waals surface area (Å²) >= 11 is 1.76. The van der Waals surface area contributed by atoms with Gasteiger partial charge in [0.05, 0.1) is 8.07 Å². The summed E-state index contributed by atoms with van der Waals surface area (Å²) in [5.41, 5.74) is 1.06. The lowest BCUT2D eigenvalue weighted by molar-refractivity contribution is 1.07. The van der Waals surface area contributed by atoms with E-state index in [1.807, 2.05) is 5.38 Å². The maximum atomic E-state index is 10.00. The molecule has 4 heteroatoms. The van der Waals surface area contributed by atoms with E-state index in [1.165, 1.54) is 4.50 Å². The van der Waals surface area contributed by atoms with E-state index in [0.29, 0.717) is 6.54 Å². The van der Waals surface area contributed by atoms with Gasteiger partial charge in [-0.2, -0.15) is 16.2 Å². The van der Waals surface area contributed by atoms with Crippen molar-refractivity contribution < 1.29 is 0 Å². The average Bonchev–Trinajstić information content (AvgIpc) is 2.35. The predicted molar refractivity (Wildman–Crippen MR) is 56.8 cm³/mol. The van der Waals surface area contributed by atoms with Crippen LogP contribution >= 0.6 is 11.3 Å². The Morgan fingerprint density at radius 2 is 2.17 bits per heavy atom. The van der Waals surface area contributed by atoms with Gasteiger partial charge in [-0.05, 0) is 21.5 Å². The maximum absolute atomic E-state index is 10.00. The lowest BCUT2D eigenvalue weighted by atomic mass is 10.4. The molecule has 0 atom stereocenters. The van der Waals surface area contributed by atoms with Crippen molar-refractivity contribution in [2.24, 2.45) is 5.18 Å². The quantitative estimate of drug-likeness (QED) is 0.543. The van der Waals surface area contributed by atoms with E-state index in [2.05, 4.69) is 30.9 Å².